The average Bonchev–Trinajstić information content (AvgIpc) is 3.06. The van der Waals surface area contributed by atoms with Crippen LogP contribution in [0.3, 0.4) is 0 Å². The predicted octanol–water partition coefficient (Wildman–Crippen LogP) is 3.14. The number of rotatable bonds is 7. The predicted molar refractivity (Wildman–Crippen MR) is 94.4 cm³/mol. The molecule has 0 radical (unpaired) electrons. The van der Waals surface area contributed by atoms with Crippen LogP contribution in [0.5, 0.6) is 0 Å². The topological polar surface area (TPSA) is 60.9 Å². The number of carbonyl (C=O) groups excluding carboxylic acids is 1. The zero-order valence-electron chi connectivity index (χ0n) is 13.7. The van der Waals surface area contributed by atoms with Gasteiger partial charge < -0.3 is 14.9 Å². The first-order chi connectivity index (χ1) is 11.4. The fraction of sp³-hybridized carbons (Fsp3) is 0.529. The van der Waals surface area contributed by atoms with Gasteiger partial charge in [-0.2, -0.15) is 0 Å². The summed E-state index contributed by atoms with van der Waals surface area (Å²) in [5, 5.41) is 10.0. The summed E-state index contributed by atoms with van der Waals surface area (Å²) in [6.07, 6.45) is 2.35. The van der Waals surface area contributed by atoms with Crippen molar-refractivity contribution in [2.45, 2.75) is 26.3 Å². The maximum Gasteiger partial charge on any atom is 0.315 e. The molecular formula is C17H22Cl2N2O3. The van der Waals surface area contributed by atoms with Gasteiger partial charge in [0.1, 0.15) is 5.92 Å². The maximum atomic E-state index is 12.5. The molecule has 1 saturated heterocycles. The van der Waals surface area contributed by atoms with Gasteiger partial charge in [0.2, 0.25) is 5.91 Å². The van der Waals surface area contributed by atoms with Crippen molar-refractivity contribution in [1.82, 2.24) is 9.80 Å². The molecule has 1 aliphatic heterocycles. The second kappa shape index (κ2) is 8.70. The summed E-state index contributed by atoms with van der Waals surface area (Å²) < 4.78 is 0. The van der Waals surface area contributed by atoms with E-state index >= 15 is 0 Å². The van der Waals surface area contributed by atoms with Crippen molar-refractivity contribution in [3.05, 3.63) is 33.8 Å². The van der Waals surface area contributed by atoms with Gasteiger partial charge in [-0.1, -0.05) is 29.3 Å². The Morgan fingerprint density at radius 1 is 1.25 bits per heavy atom. The third-order valence-electron chi connectivity index (χ3n) is 4.29. The van der Waals surface area contributed by atoms with Crippen LogP contribution in [0.4, 0.5) is 0 Å². The number of carbonyl (C=O) groups is 2. The summed E-state index contributed by atoms with van der Waals surface area (Å²) in [6.45, 7) is 5.05. The van der Waals surface area contributed by atoms with Gasteiger partial charge in [-0.15, -0.1) is 0 Å². The van der Waals surface area contributed by atoms with Crippen LogP contribution < -0.4 is 0 Å². The molecule has 1 aliphatic rings. The lowest BCUT2D eigenvalue weighted by atomic mass is 10.1. The number of halogens is 2. The van der Waals surface area contributed by atoms with Gasteiger partial charge in [0.15, 0.2) is 0 Å². The molecule has 0 spiro atoms. The highest BCUT2D eigenvalue weighted by Gasteiger charge is 2.27. The van der Waals surface area contributed by atoms with Crippen molar-refractivity contribution < 1.29 is 14.7 Å². The number of aliphatic carboxylic acids is 1. The highest BCUT2D eigenvalue weighted by atomic mass is 35.5. The lowest BCUT2D eigenvalue weighted by molar-refractivity contribution is -0.150. The van der Waals surface area contributed by atoms with Crippen molar-refractivity contribution in [1.29, 1.82) is 0 Å². The van der Waals surface area contributed by atoms with E-state index in [9.17, 15) is 9.59 Å². The molecule has 1 atom stereocenters. The SMILES string of the molecule is CC(C(=O)O)C(=O)N(CCN1CCCC1)Cc1ccc(Cl)c(Cl)c1. The zero-order chi connectivity index (χ0) is 17.7. The molecule has 24 heavy (non-hydrogen) atoms. The summed E-state index contributed by atoms with van der Waals surface area (Å²) in [4.78, 5) is 27.6. The lowest BCUT2D eigenvalue weighted by Gasteiger charge is -2.27. The van der Waals surface area contributed by atoms with Gasteiger partial charge in [0, 0.05) is 19.6 Å². The van der Waals surface area contributed by atoms with E-state index in [4.69, 9.17) is 28.3 Å². The lowest BCUT2D eigenvalue weighted by Crippen LogP contribution is -2.41. The van der Waals surface area contributed by atoms with Gasteiger partial charge in [-0.25, -0.2) is 0 Å². The van der Waals surface area contributed by atoms with Crippen LogP contribution in [0.2, 0.25) is 10.0 Å². The van der Waals surface area contributed by atoms with E-state index in [-0.39, 0.29) is 5.91 Å². The number of nitrogens with zero attached hydrogens (tertiary/aromatic N) is 2. The van der Waals surface area contributed by atoms with E-state index in [1.54, 1.807) is 23.1 Å². The van der Waals surface area contributed by atoms with Crippen molar-refractivity contribution in [3.8, 4) is 0 Å². The molecule has 1 aromatic carbocycles. The summed E-state index contributed by atoms with van der Waals surface area (Å²) in [7, 11) is 0. The summed E-state index contributed by atoms with van der Waals surface area (Å²) in [5.41, 5.74) is 0.830. The Kier molecular flexibility index (Phi) is 6.90. The fourth-order valence-corrected chi connectivity index (χ4v) is 3.09. The van der Waals surface area contributed by atoms with Crippen LogP contribution >= 0.6 is 23.2 Å². The van der Waals surface area contributed by atoms with Gasteiger partial charge in [-0.05, 0) is 50.6 Å². The molecule has 1 aromatic rings. The van der Waals surface area contributed by atoms with Gasteiger partial charge >= 0.3 is 5.97 Å². The molecule has 0 saturated carbocycles. The third kappa shape index (κ3) is 5.10. The van der Waals surface area contributed by atoms with E-state index in [1.807, 2.05) is 0 Å². The molecule has 0 aliphatic carbocycles. The summed E-state index contributed by atoms with van der Waals surface area (Å²) in [5.74, 6) is -2.56. The summed E-state index contributed by atoms with van der Waals surface area (Å²) in [6, 6.07) is 5.20. The second-order valence-corrected chi connectivity index (χ2v) is 6.93. The van der Waals surface area contributed by atoms with E-state index in [2.05, 4.69) is 4.90 Å². The summed E-state index contributed by atoms with van der Waals surface area (Å²) >= 11 is 12.0. The molecular weight excluding hydrogens is 351 g/mol. The molecule has 0 aromatic heterocycles. The number of hydrogen-bond acceptors (Lipinski definition) is 3. The normalized spacial score (nSPS) is 16.1. The Morgan fingerprint density at radius 3 is 2.50 bits per heavy atom. The average molecular weight is 373 g/mol. The molecule has 0 bridgehead atoms. The van der Waals surface area contributed by atoms with Crippen molar-refractivity contribution in [2.75, 3.05) is 26.2 Å². The number of hydrogen-bond donors (Lipinski definition) is 1. The van der Waals surface area contributed by atoms with Crippen molar-refractivity contribution >= 4 is 35.1 Å². The Labute approximate surface area is 152 Å². The van der Waals surface area contributed by atoms with Crippen LogP contribution in [-0.4, -0.2) is 53.0 Å². The quantitative estimate of drug-likeness (QED) is 0.746. The van der Waals surface area contributed by atoms with Crippen LogP contribution in [-0.2, 0) is 16.1 Å². The van der Waals surface area contributed by atoms with Crippen LogP contribution in [0.25, 0.3) is 0 Å². The number of benzene rings is 1. The van der Waals surface area contributed by atoms with Gasteiger partial charge in [0.25, 0.3) is 0 Å². The molecule has 1 fully saturated rings. The second-order valence-electron chi connectivity index (χ2n) is 6.12. The molecule has 5 nitrogen and oxygen atoms in total. The van der Waals surface area contributed by atoms with Crippen molar-refractivity contribution in [2.24, 2.45) is 5.92 Å². The number of carboxylic acids is 1. The Balaban J connectivity index is 2.09. The minimum atomic E-state index is -1.11. The van der Waals surface area contributed by atoms with Crippen LogP contribution in [0.15, 0.2) is 18.2 Å². The van der Waals surface area contributed by atoms with Crippen LogP contribution in [0.1, 0.15) is 25.3 Å². The molecule has 1 amide bonds. The molecule has 1 N–H and O–H groups in total. The van der Waals surface area contributed by atoms with Crippen LogP contribution in [0, 0.1) is 5.92 Å². The van der Waals surface area contributed by atoms with E-state index in [0.29, 0.717) is 23.1 Å². The Hall–Kier alpha value is -1.30. The number of carboxylic acid groups (broad SMARTS) is 1. The van der Waals surface area contributed by atoms with E-state index in [0.717, 1.165) is 25.2 Å². The molecule has 1 unspecified atom stereocenters. The molecule has 2 rings (SSSR count). The smallest absolute Gasteiger partial charge is 0.315 e. The highest BCUT2D eigenvalue weighted by molar-refractivity contribution is 6.42. The largest absolute Gasteiger partial charge is 0.481 e. The first kappa shape index (κ1) is 19.0. The minimum absolute atomic E-state index is 0.321. The maximum absolute atomic E-state index is 12.5. The molecule has 1 heterocycles. The first-order valence-electron chi connectivity index (χ1n) is 8.06. The van der Waals surface area contributed by atoms with Gasteiger partial charge in [-0.3, -0.25) is 9.59 Å². The molecule has 7 heteroatoms. The third-order valence-corrected chi connectivity index (χ3v) is 5.03. The molecule has 132 valence electrons. The standard InChI is InChI=1S/C17H22Cl2N2O3/c1-12(17(23)24)16(22)21(9-8-20-6-2-3-7-20)11-13-4-5-14(18)15(19)10-13/h4-5,10,12H,2-3,6-9,11H2,1H3,(H,23,24). The number of amides is 1. The Bertz CT molecular complexity index is 603. The highest BCUT2D eigenvalue weighted by Crippen LogP contribution is 2.23. The van der Waals surface area contributed by atoms with E-state index in [1.165, 1.54) is 19.8 Å². The van der Waals surface area contributed by atoms with Gasteiger partial charge in [0.05, 0.1) is 10.0 Å². The zero-order valence-corrected chi connectivity index (χ0v) is 15.2. The number of likely N-dealkylation sites (tertiary alicyclic amines) is 1. The monoisotopic (exact) mass is 372 g/mol. The Morgan fingerprint density at radius 2 is 1.92 bits per heavy atom. The first-order valence-corrected chi connectivity index (χ1v) is 8.82. The van der Waals surface area contributed by atoms with E-state index < -0.39 is 11.9 Å². The minimum Gasteiger partial charge on any atom is -0.481 e. The fourth-order valence-electron chi connectivity index (χ4n) is 2.77. The van der Waals surface area contributed by atoms with Crippen molar-refractivity contribution in [3.63, 3.8) is 0 Å².